The Morgan fingerprint density at radius 3 is 2.50 bits per heavy atom. The maximum atomic E-state index is 7.93. The molecule has 0 aliphatic heterocycles. The maximum absolute atomic E-state index is 7.93. The molecule has 38 valence electrons. The summed E-state index contributed by atoms with van der Waals surface area (Å²) in [5, 5.41) is 7.93. The van der Waals surface area contributed by atoms with Crippen LogP contribution in [0.1, 0.15) is 0 Å². The van der Waals surface area contributed by atoms with Crippen LogP contribution in [-0.4, -0.2) is 18.3 Å². The Morgan fingerprint density at radius 2 is 2.33 bits per heavy atom. The van der Waals surface area contributed by atoms with Gasteiger partial charge in [0.2, 0.25) is 0 Å². The third-order valence-electron chi connectivity index (χ3n) is 0.219. The molecule has 0 bridgehead atoms. The van der Waals surface area contributed by atoms with E-state index in [1.807, 2.05) is 0 Å². The zero-order chi connectivity index (χ0) is 4.83. The van der Waals surface area contributed by atoms with Crippen molar-refractivity contribution >= 4 is 11.9 Å². The number of halogens is 1. The maximum Gasteiger partial charge on any atom is 0.107 e. The quantitative estimate of drug-likeness (QED) is 0.319. The van der Waals surface area contributed by atoms with Gasteiger partial charge >= 0.3 is 0 Å². The Bertz CT molecular complexity index is 20.8. The molecular formula is C2H5ClO3. The SMILES string of the molecule is OCCOOCl. The van der Waals surface area contributed by atoms with Gasteiger partial charge < -0.3 is 5.11 Å². The fourth-order valence-electron chi connectivity index (χ4n) is 0.0688. The van der Waals surface area contributed by atoms with E-state index in [0.29, 0.717) is 0 Å². The summed E-state index contributed by atoms with van der Waals surface area (Å²) >= 11 is 4.55. The Labute approximate surface area is 40.5 Å². The number of aliphatic hydroxyl groups is 1. The Morgan fingerprint density at radius 1 is 1.67 bits per heavy atom. The average molecular weight is 113 g/mol. The zero-order valence-corrected chi connectivity index (χ0v) is 3.81. The van der Waals surface area contributed by atoms with E-state index < -0.39 is 0 Å². The molecule has 0 heterocycles. The van der Waals surface area contributed by atoms with Crippen molar-refractivity contribution in [2.24, 2.45) is 0 Å². The molecule has 0 saturated carbocycles. The van der Waals surface area contributed by atoms with Crippen LogP contribution in [0, 0.1) is 0 Å². The van der Waals surface area contributed by atoms with Gasteiger partial charge in [-0.05, 0) is 0 Å². The molecule has 0 aliphatic carbocycles. The number of hydrogen-bond donors (Lipinski definition) is 1. The predicted octanol–water partition coefficient (Wildman–Crippen LogP) is 0.0807. The van der Waals surface area contributed by atoms with Gasteiger partial charge in [0.1, 0.15) is 6.61 Å². The van der Waals surface area contributed by atoms with E-state index in [0.717, 1.165) is 0 Å². The third-order valence-corrected chi connectivity index (χ3v) is 0.308. The summed E-state index contributed by atoms with van der Waals surface area (Å²) in [5.74, 6) is 0. The number of aliphatic hydroxyl groups excluding tert-OH is 1. The molecule has 0 fully saturated rings. The van der Waals surface area contributed by atoms with Gasteiger partial charge in [-0.1, -0.05) is 0 Å². The zero-order valence-electron chi connectivity index (χ0n) is 3.06. The summed E-state index contributed by atoms with van der Waals surface area (Å²) in [6, 6.07) is 0. The molecule has 0 spiro atoms. The summed E-state index contributed by atoms with van der Waals surface area (Å²) < 4.78 is 3.59. The second-order valence-electron chi connectivity index (χ2n) is 0.609. The van der Waals surface area contributed by atoms with Crippen LogP contribution in [0.3, 0.4) is 0 Å². The smallest absolute Gasteiger partial charge is 0.107 e. The molecule has 4 heteroatoms. The van der Waals surface area contributed by atoms with Gasteiger partial charge in [-0.2, -0.15) is 0 Å². The second kappa shape index (κ2) is 5.17. The van der Waals surface area contributed by atoms with E-state index in [1.54, 1.807) is 0 Å². The van der Waals surface area contributed by atoms with Gasteiger partial charge in [0.15, 0.2) is 0 Å². The second-order valence-corrected chi connectivity index (χ2v) is 0.735. The molecule has 0 saturated heterocycles. The van der Waals surface area contributed by atoms with Crippen LogP contribution in [0.4, 0.5) is 0 Å². The van der Waals surface area contributed by atoms with Crippen molar-refractivity contribution in [2.45, 2.75) is 0 Å². The first-order chi connectivity index (χ1) is 2.91. The minimum atomic E-state index is -0.0767. The molecule has 0 aliphatic rings. The van der Waals surface area contributed by atoms with Gasteiger partial charge in [-0.15, -0.1) is 4.44 Å². The van der Waals surface area contributed by atoms with Crippen molar-refractivity contribution in [3.05, 3.63) is 0 Å². The summed E-state index contributed by atoms with van der Waals surface area (Å²) in [6.45, 7) is 0.0379. The fraction of sp³-hybridized carbons (Fsp3) is 1.00. The molecule has 0 aromatic rings. The van der Waals surface area contributed by atoms with Crippen LogP contribution < -0.4 is 0 Å². The van der Waals surface area contributed by atoms with Gasteiger partial charge in [0.25, 0.3) is 0 Å². The van der Waals surface area contributed by atoms with E-state index in [9.17, 15) is 0 Å². The molecular weight excluding hydrogens is 107 g/mol. The van der Waals surface area contributed by atoms with Crippen LogP contribution in [0.5, 0.6) is 0 Å². The van der Waals surface area contributed by atoms with Gasteiger partial charge in [-0.3, -0.25) is 0 Å². The largest absolute Gasteiger partial charge is 0.394 e. The highest BCUT2D eigenvalue weighted by molar-refractivity contribution is 6.06. The van der Waals surface area contributed by atoms with E-state index in [-0.39, 0.29) is 13.2 Å². The number of hydrogen-bond acceptors (Lipinski definition) is 3. The molecule has 1 N–H and O–H groups in total. The topological polar surface area (TPSA) is 38.7 Å². The molecule has 0 aromatic heterocycles. The van der Waals surface area contributed by atoms with E-state index in [2.05, 4.69) is 21.2 Å². The fourth-order valence-corrected chi connectivity index (χ4v) is 0.132. The summed E-state index contributed by atoms with van der Waals surface area (Å²) in [4.78, 5) is 4.00. The molecule has 0 atom stereocenters. The van der Waals surface area contributed by atoms with Crippen LogP contribution in [0.15, 0.2) is 0 Å². The molecule has 0 radical (unpaired) electrons. The summed E-state index contributed by atoms with van der Waals surface area (Å²) in [7, 11) is 0. The van der Waals surface area contributed by atoms with Gasteiger partial charge in [0.05, 0.1) is 18.5 Å². The van der Waals surface area contributed by atoms with Crippen LogP contribution >= 0.6 is 11.9 Å². The van der Waals surface area contributed by atoms with Crippen LogP contribution in [0.25, 0.3) is 0 Å². The van der Waals surface area contributed by atoms with Crippen molar-refractivity contribution in [2.75, 3.05) is 13.2 Å². The normalized spacial score (nSPS) is 9.00. The van der Waals surface area contributed by atoms with Crippen LogP contribution in [-0.2, 0) is 9.33 Å². The highest BCUT2D eigenvalue weighted by Crippen LogP contribution is 1.78. The van der Waals surface area contributed by atoms with E-state index in [4.69, 9.17) is 5.11 Å². The van der Waals surface area contributed by atoms with E-state index >= 15 is 0 Å². The van der Waals surface area contributed by atoms with Gasteiger partial charge in [0, 0.05) is 0 Å². The van der Waals surface area contributed by atoms with Gasteiger partial charge in [-0.25, -0.2) is 4.89 Å². The predicted molar refractivity (Wildman–Crippen MR) is 20.0 cm³/mol. The lowest BCUT2D eigenvalue weighted by Gasteiger charge is -1.87. The monoisotopic (exact) mass is 112 g/mol. The lowest BCUT2D eigenvalue weighted by atomic mass is 10.8. The van der Waals surface area contributed by atoms with Crippen molar-refractivity contribution in [3.8, 4) is 0 Å². The highest BCUT2D eigenvalue weighted by Gasteiger charge is 1.76. The van der Waals surface area contributed by atoms with Crippen LogP contribution in [0.2, 0.25) is 0 Å². The lowest BCUT2D eigenvalue weighted by Crippen LogP contribution is -1.93. The molecule has 6 heavy (non-hydrogen) atoms. The Hall–Kier alpha value is 0.170. The summed E-state index contributed by atoms with van der Waals surface area (Å²) in [6.07, 6.45) is 0. The number of rotatable bonds is 3. The first kappa shape index (κ1) is 6.17. The molecule has 0 amide bonds. The molecule has 0 rings (SSSR count). The first-order valence-corrected chi connectivity index (χ1v) is 1.73. The third kappa shape index (κ3) is 4.17. The summed E-state index contributed by atoms with van der Waals surface area (Å²) in [5.41, 5.74) is 0. The Kier molecular flexibility index (Phi) is 5.32. The molecule has 0 aromatic carbocycles. The average Bonchev–Trinajstić information content (AvgIpc) is 1.61. The molecule has 3 nitrogen and oxygen atoms in total. The van der Waals surface area contributed by atoms with Crippen molar-refractivity contribution in [3.63, 3.8) is 0 Å². The Balaban J connectivity index is 2.34. The van der Waals surface area contributed by atoms with Crippen molar-refractivity contribution < 1.29 is 14.4 Å². The first-order valence-electron chi connectivity index (χ1n) is 1.43. The minimum Gasteiger partial charge on any atom is -0.394 e. The minimum absolute atomic E-state index is 0.0767. The lowest BCUT2D eigenvalue weighted by molar-refractivity contribution is -0.208. The molecule has 0 unspecified atom stereocenters. The van der Waals surface area contributed by atoms with E-state index in [1.165, 1.54) is 0 Å². The standard InChI is InChI=1S/C2H5ClO3/c3-6-5-2-1-4/h4H,1-2H2. The highest BCUT2D eigenvalue weighted by atomic mass is 35.5. The van der Waals surface area contributed by atoms with Crippen molar-refractivity contribution in [1.29, 1.82) is 0 Å². The van der Waals surface area contributed by atoms with Crippen molar-refractivity contribution in [1.82, 2.24) is 0 Å².